The molecule has 2 fully saturated rings. The van der Waals surface area contributed by atoms with Crippen molar-refractivity contribution in [2.24, 2.45) is 0 Å². The van der Waals surface area contributed by atoms with Crippen molar-refractivity contribution in [3.63, 3.8) is 0 Å². The Bertz CT molecular complexity index is 2510. The predicted molar refractivity (Wildman–Crippen MR) is 212 cm³/mol. The third-order valence-corrected chi connectivity index (χ3v) is 11.5. The van der Waals surface area contributed by atoms with Gasteiger partial charge < -0.3 is 19.4 Å². The van der Waals surface area contributed by atoms with E-state index in [-0.39, 0.29) is 30.9 Å². The van der Waals surface area contributed by atoms with E-state index in [1.807, 2.05) is 57.3 Å². The molecule has 3 aromatic heterocycles. The molecule has 2 atom stereocenters. The molecular weight excluding hydrogens is 697 g/mol. The van der Waals surface area contributed by atoms with Gasteiger partial charge in [-0.2, -0.15) is 0 Å². The summed E-state index contributed by atoms with van der Waals surface area (Å²) in [5, 5.41) is 2.44. The molecule has 9 rings (SSSR count). The topological polar surface area (TPSA) is 116 Å². The lowest BCUT2D eigenvalue weighted by Gasteiger charge is -2.27. The third kappa shape index (κ3) is 6.57. The number of hydrogen-bond acceptors (Lipinski definition) is 7. The van der Waals surface area contributed by atoms with Crippen molar-refractivity contribution in [3.8, 4) is 22.4 Å². The molecule has 7 aromatic rings. The van der Waals surface area contributed by atoms with Crippen molar-refractivity contribution in [3.05, 3.63) is 108 Å². The molecule has 2 N–H and O–H groups in total. The lowest BCUT2D eigenvalue weighted by atomic mass is 10.0. The molecule has 0 spiro atoms. The smallest absolute Gasteiger partial charge is 0.410 e. The Hall–Kier alpha value is -5.68. The first kappa shape index (κ1) is 34.1. The van der Waals surface area contributed by atoms with Crippen molar-refractivity contribution < 1.29 is 19.1 Å². The average Bonchev–Trinajstić information content (AvgIpc) is 4.01. The first-order chi connectivity index (χ1) is 26.2. The number of imidazole rings is 2. The summed E-state index contributed by atoms with van der Waals surface area (Å²) in [6, 6.07) is 29.0. The average molecular weight is 739 g/mol. The van der Waals surface area contributed by atoms with Gasteiger partial charge >= 0.3 is 12.2 Å². The lowest BCUT2D eigenvalue weighted by molar-refractivity contribution is 0.0218. The number of aromatic amines is 2. The summed E-state index contributed by atoms with van der Waals surface area (Å²) in [6.07, 6.45) is 4.78. The second-order valence-corrected chi connectivity index (χ2v) is 16.4. The first-order valence-electron chi connectivity index (χ1n) is 18.7. The molecule has 2 amide bonds. The number of thiophene rings is 1. The Labute approximate surface area is 317 Å². The molecule has 10 nitrogen and oxygen atoms in total. The van der Waals surface area contributed by atoms with Gasteiger partial charge in [0.25, 0.3) is 0 Å². The summed E-state index contributed by atoms with van der Waals surface area (Å²) < 4.78 is 13.8. The van der Waals surface area contributed by atoms with Gasteiger partial charge in [-0.1, -0.05) is 60.7 Å². The number of hydrogen-bond donors (Lipinski definition) is 2. The molecule has 0 unspecified atom stereocenters. The number of H-pyrrole nitrogens is 2. The lowest BCUT2D eigenvalue weighted by Crippen LogP contribution is -2.36. The van der Waals surface area contributed by atoms with Crippen molar-refractivity contribution >= 4 is 54.7 Å². The Balaban J connectivity index is 0.930. The van der Waals surface area contributed by atoms with Crippen LogP contribution in [0.1, 0.15) is 75.8 Å². The molecule has 2 aliphatic heterocycles. The molecule has 11 heteroatoms. The van der Waals surface area contributed by atoms with E-state index in [1.54, 1.807) is 21.1 Å². The maximum Gasteiger partial charge on any atom is 0.410 e. The Morgan fingerprint density at radius 1 is 0.778 bits per heavy atom. The minimum absolute atomic E-state index is 0.129. The molecule has 54 heavy (non-hydrogen) atoms. The number of carbonyl (C=O) groups excluding carboxylic acids is 2. The van der Waals surface area contributed by atoms with E-state index in [0.717, 1.165) is 76.3 Å². The zero-order valence-electron chi connectivity index (χ0n) is 30.6. The summed E-state index contributed by atoms with van der Waals surface area (Å²) in [6.45, 7) is 7.24. The van der Waals surface area contributed by atoms with Gasteiger partial charge in [-0.05, 0) is 87.4 Å². The van der Waals surface area contributed by atoms with Crippen LogP contribution in [0.4, 0.5) is 9.59 Å². The molecule has 2 saturated heterocycles. The number of fused-ring (bicyclic) bond motifs is 4. The number of nitrogens with one attached hydrogen (secondary N) is 2. The maximum absolute atomic E-state index is 13.0. The number of rotatable bonds is 6. The van der Waals surface area contributed by atoms with Crippen LogP contribution in [-0.2, 0) is 16.1 Å². The monoisotopic (exact) mass is 738 g/mol. The molecule has 0 radical (unpaired) electrons. The van der Waals surface area contributed by atoms with Gasteiger partial charge in [0, 0.05) is 38.8 Å². The van der Waals surface area contributed by atoms with Crippen LogP contribution in [0.15, 0.2) is 91.1 Å². The van der Waals surface area contributed by atoms with E-state index < -0.39 is 5.60 Å². The second-order valence-electron chi connectivity index (χ2n) is 15.3. The fraction of sp³-hybridized carbons (Fsp3) is 0.302. The van der Waals surface area contributed by atoms with Crippen molar-refractivity contribution in [1.29, 1.82) is 0 Å². The maximum atomic E-state index is 13.0. The molecular formula is C43H42N6O4S. The Morgan fingerprint density at radius 3 is 2.17 bits per heavy atom. The van der Waals surface area contributed by atoms with Crippen LogP contribution in [0.3, 0.4) is 0 Å². The molecule has 0 aliphatic carbocycles. The fourth-order valence-corrected chi connectivity index (χ4v) is 8.99. The number of amides is 2. The number of benzene rings is 4. The normalized spacial score (nSPS) is 17.6. The number of nitrogens with zero attached hydrogens (tertiary/aromatic N) is 4. The second kappa shape index (κ2) is 13.6. The van der Waals surface area contributed by atoms with Crippen molar-refractivity contribution in [1.82, 2.24) is 29.7 Å². The molecule has 4 aromatic carbocycles. The van der Waals surface area contributed by atoms with Crippen LogP contribution in [0.5, 0.6) is 0 Å². The molecule has 274 valence electrons. The molecule has 0 bridgehead atoms. The highest BCUT2D eigenvalue weighted by molar-refractivity contribution is 7.25. The van der Waals surface area contributed by atoms with Crippen LogP contribution < -0.4 is 0 Å². The fourth-order valence-electron chi connectivity index (χ4n) is 7.81. The predicted octanol–water partition coefficient (Wildman–Crippen LogP) is 10.5. The molecule has 2 aliphatic rings. The quantitative estimate of drug-likeness (QED) is 0.175. The number of ether oxygens (including phenoxy) is 2. The third-order valence-electron chi connectivity index (χ3n) is 10.4. The van der Waals surface area contributed by atoms with Crippen LogP contribution in [0, 0.1) is 0 Å². The zero-order chi connectivity index (χ0) is 37.0. The summed E-state index contributed by atoms with van der Waals surface area (Å²) in [4.78, 5) is 46.2. The van der Waals surface area contributed by atoms with Gasteiger partial charge in [0.05, 0.1) is 35.0 Å². The van der Waals surface area contributed by atoms with Gasteiger partial charge in [-0.15, -0.1) is 11.3 Å². The van der Waals surface area contributed by atoms with Gasteiger partial charge in [0.1, 0.15) is 23.9 Å². The van der Waals surface area contributed by atoms with Crippen molar-refractivity contribution in [2.75, 3.05) is 13.1 Å². The van der Waals surface area contributed by atoms with E-state index in [4.69, 9.17) is 19.4 Å². The standard InChI is InChI=1S/C43H42N6O4S/c1-43(2,3)53-42(51)49-20-8-12-36(49)40-45-32-18-15-27(21-33(32)46-40)28-13-16-30-31-17-14-29(23-38(31)54-37(30)22-28)34-24-44-39(47-34)35-11-7-19-48(35)41(50)52-25-26-9-5-4-6-10-26/h4-6,9-10,13-18,21-24,35-36H,7-8,11-12,19-20,25H2,1-3H3,(H,44,47)(H,45,46)/t35-,36-/m0/s1. The highest BCUT2D eigenvalue weighted by Crippen LogP contribution is 2.40. The minimum atomic E-state index is -0.546. The van der Waals surface area contributed by atoms with E-state index in [2.05, 4.69) is 64.6 Å². The number of likely N-dealkylation sites (tertiary alicyclic amines) is 2. The summed E-state index contributed by atoms with van der Waals surface area (Å²) in [5.74, 6) is 1.58. The van der Waals surface area contributed by atoms with E-state index in [1.165, 1.54) is 20.2 Å². The Morgan fingerprint density at radius 2 is 1.43 bits per heavy atom. The summed E-state index contributed by atoms with van der Waals surface area (Å²) in [5.41, 5.74) is 6.46. The van der Waals surface area contributed by atoms with E-state index in [0.29, 0.717) is 13.1 Å². The highest BCUT2D eigenvalue weighted by Gasteiger charge is 2.35. The van der Waals surface area contributed by atoms with Crippen LogP contribution >= 0.6 is 11.3 Å². The molecule has 5 heterocycles. The van der Waals surface area contributed by atoms with Gasteiger partial charge in [0.2, 0.25) is 0 Å². The van der Waals surface area contributed by atoms with Crippen molar-refractivity contribution in [2.45, 2.75) is 70.7 Å². The summed E-state index contributed by atoms with van der Waals surface area (Å²) >= 11 is 1.78. The van der Waals surface area contributed by atoms with Gasteiger partial charge in [-0.25, -0.2) is 19.6 Å². The highest BCUT2D eigenvalue weighted by atomic mass is 32.1. The SMILES string of the molecule is CC(C)(C)OC(=O)N1CCC[C@H]1c1nc2ccc(-c3ccc4c(c3)sc3cc(-c5cnc([C@@H]6CCCN6C(=O)OCc6ccccc6)[nH]5)ccc34)cc2[nH]1. The number of aromatic nitrogens is 4. The van der Waals surface area contributed by atoms with Gasteiger partial charge in [-0.3, -0.25) is 9.80 Å². The van der Waals surface area contributed by atoms with Crippen LogP contribution in [0.25, 0.3) is 53.6 Å². The largest absolute Gasteiger partial charge is 0.445 e. The molecule has 0 saturated carbocycles. The zero-order valence-corrected chi connectivity index (χ0v) is 31.4. The van der Waals surface area contributed by atoms with E-state index >= 15 is 0 Å². The van der Waals surface area contributed by atoms with Gasteiger partial charge in [0.15, 0.2) is 0 Å². The summed E-state index contributed by atoms with van der Waals surface area (Å²) in [7, 11) is 0. The van der Waals surface area contributed by atoms with E-state index in [9.17, 15) is 9.59 Å². The number of carbonyl (C=O) groups is 2. The van der Waals surface area contributed by atoms with Crippen LogP contribution in [-0.4, -0.2) is 60.6 Å². The van der Waals surface area contributed by atoms with Crippen LogP contribution in [0.2, 0.25) is 0 Å². The Kier molecular flexibility index (Phi) is 8.61. The first-order valence-corrected chi connectivity index (χ1v) is 19.5. The minimum Gasteiger partial charge on any atom is -0.445 e.